The van der Waals surface area contributed by atoms with Crippen molar-refractivity contribution < 1.29 is 17.7 Å². The van der Waals surface area contributed by atoms with E-state index in [2.05, 4.69) is 5.16 Å². The normalized spacial score (nSPS) is 23.5. The average molecular weight is 363 g/mol. The Morgan fingerprint density at radius 2 is 1.92 bits per heavy atom. The van der Waals surface area contributed by atoms with E-state index in [0.717, 1.165) is 18.4 Å². The molecular formula is C17H21N3O4S. The zero-order valence-electron chi connectivity index (χ0n) is 14.0. The van der Waals surface area contributed by atoms with Crippen molar-refractivity contribution in [2.75, 3.05) is 25.5 Å². The van der Waals surface area contributed by atoms with Crippen molar-refractivity contribution in [3.05, 3.63) is 41.7 Å². The minimum atomic E-state index is -3.78. The van der Waals surface area contributed by atoms with Gasteiger partial charge in [0.1, 0.15) is 0 Å². The van der Waals surface area contributed by atoms with Crippen molar-refractivity contribution >= 4 is 15.8 Å². The van der Waals surface area contributed by atoms with Crippen molar-refractivity contribution in [2.24, 2.45) is 5.41 Å². The van der Waals surface area contributed by atoms with Gasteiger partial charge in [-0.1, -0.05) is 35.5 Å². The monoisotopic (exact) mass is 363 g/mol. The number of hydrogen-bond acceptors (Lipinski definition) is 6. The van der Waals surface area contributed by atoms with E-state index in [1.165, 1.54) is 4.31 Å². The molecule has 2 aromatic rings. The minimum Gasteiger partial charge on any atom is -0.381 e. The lowest BCUT2D eigenvalue weighted by atomic mass is 9.65. The lowest BCUT2D eigenvalue weighted by molar-refractivity contribution is -0.0952. The van der Waals surface area contributed by atoms with Gasteiger partial charge in [-0.05, 0) is 25.3 Å². The summed E-state index contributed by atoms with van der Waals surface area (Å²) < 4.78 is 38.5. The maximum absolute atomic E-state index is 13.2. The van der Waals surface area contributed by atoms with Crippen LogP contribution in [-0.2, 0) is 14.8 Å². The van der Waals surface area contributed by atoms with Crippen LogP contribution >= 0.6 is 0 Å². The largest absolute Gasteiger partial charge is 0.381 e. The molecule has 1 atom stereocenters. The minimum absolute atomic E-state index is 0.0182. The highest BCUT2D eigenvalue weighted by Crippen LogP contribution is 2.56. The second kappa shape index (κ2) is 5.82. The number of hydrogen-bond donors (Lipinski definition) is 1. The van der Waals surface area contributed by atoms with Gasteiger partial charge < -0.3 is 15.0 Å². The SMILES string of the molecule is Cc1onc(N)c1S(=O)(=O)N1CC2(CCOCC2)[C@H]1c1ccccc1. The molecular weight excluding hydrogens is 342 g/mol. The quantitative estimate of drug-likeness (QED) is 0.897. The molecule has 7 nitrogen and oxygen atoms in total. The smallest absolute Gasteiger partial charge is 0.250 e. The van der Waals surface area contributed by atoms with Crippen molar-refractivity contribution in [2.45, 2.75) is 30.7 Å². The molecule has 0 aliphatic carbocycles. The lowest BCUT2D eigenvalue weighted by Gasteiger charge is -2.58. The van der Waals surface area contributed by atoms with Gasteiger partial charge in [0.25, 0.3) is 10.0 Å². The van der Waals surface area contributed by atoms with Crippen molar-refractivity contribution in [3.8, 4) is 0 Å². The third kappa shape index (κ3) is 2.47. The van der Waals surface area contributed by atoms with E-state index in [0.29, 0.717) is 19.8 Å². The summed E-state index contributed by atoms with van der Waals surface area (Å²) in [5, 5.41) is 3.60. The third-order valence-corrected chi connectivity index (χ3v) is 7.31. The molecule has 3 heterocycles. The van der Waals surface area contributed by atoms with E-state index in [1.54, 1.807) is 6.92 Å². The van der Waals surface area contributed by atoms with Gasteiger partial charge in [0.2, 0.25) is 0 Å². The van der Waals surface area contributed by atoms with Crippen LogP contribution < -0.4 is 5.73 Å². The molecule has 25 heavy (non-hydrogen) atoms. The number of aryl methyl sites for hydroxylation is 1. The second-order valence-electron chi connectivity index (χ2n) is 6.79. The summed E-state index contributed by atoms with van der Waals surface area (Å²) in [4.78, 5) is -0.0182. The molecule has 134 valence electrons. The molecule has 0 amide bonds. The summed E-state index contributed by atoms with van der Waals surface area (Å²) in [5.74, 6) is 0.134. The van der Waals surface area contributed by atoms with E-state index < -0.39 is 10.0 Å². The fraction of sp³-hybridized carbons (Fsp3) is 0.471. The van der Waals surface area contributed by atoms with Crippen LogP contribution in [0.5, 0.6) is 0 Å². The van der Waals surface area contributed by atoms with Gasteiger partial charge in [0.15, 0.2) is 16.5 Å². The van der Waals surface area contributed by atoms with Crippen molar-refractivity contribution in [3.63, 3.8) is 0 Å². The summed E-state index contributed by atoms with van der Waals surface area (Å²) in [5.41, 5.74) is 6.67. The number of rotatable bonds is 3. The molecule has 2 aliphatic rings. The Kier molecular flexibility index (Phi) is 3.86. The van der Waals surface area contributed by atoms with Gasteiger partial charge in [-0.15, -0.1) is 0 Å². The highest BCUT2D eigenvalue weighted by Gasteiger charge is 2.58. The zero-order chi connectivity index (χ0) is 17.7. The lowest BCUT2D eigenvalue weighted by Crippen LogP contribution is -2.62. The number of nitrogens with zero attached hydrogens (tertiary/aromatic N) is 2. The fourth-order valence-electron chi connectivity index (χ4n) is 4.08. The number of sulfonamides is 1. The summed E-state index contributed by atoms with van der Waals surface area (Å²) in [6.45, 7) is 3.34. The number of aromatic nitrogens is 1. The molecule has 0 saturated carbocycles. The first kappa shape index (κ1) is 16.6. The summed E-state index contributed by atoms with van der Waals surface area (Å²) in [7, 11) is -3.78. The number of ether oxygens (including phenoxy) is 1. The van der Waals surface area contributed by atoms with E-state index in [9.17, 15) is 8.42 Å². The van der Waals surface area contributed by atoms with Gasteiger partial charge >= 0.3 is 0 Å². The predicted molar refractivity (Wildman–Crippen MR) is 91.2 cm³/mol. The first-order valence-electron chi connectivity index (χ1n) is 8.32. The van der Waals surface area contributed by atoms with Crippen LogP contribution in [-0.4, -0.2) is 37.6 Å². The van der Waals surface area contributed by atoms with Crippen molar-refractivity contribution in [1.29, 1.82) is 0 Å². The summed E-state index contributed by atoms with van der Waals surface area (Å²) >= 11 is 0. The second-order valence-corrected chi connectivity index (χ2v) is 8.62. The Hall–Kier alpha value is -1.90. The maximum Gasteiger partial charge on any atom is 0.250 e. The number of nitrogen functional groups attached to an aromatic ring is 1. The molecule has 2 saturated heterocycles. The predicted octanol–water partition coefficient (Wildman–Crippen LogP) is 2.11. The van der Waals surface area contributed by atoms with Crippen LogP contribution in [0.3, 0.4) is 0 Å². The molecule has 0 unspecified atom stereocenters. The van der Waals surface area contributed by atoms with E-state index in [4.69, 9.17) is 15.0 Å². The Bertz CT molecular complexity index is 853. The number of anilines is 1. The fourth-order valence-corrected chi connectivity index (χ4v) is 6.07. The standard InChI is InChI=1S/C17H21N3O4S/c1-12-14(16(18)19-24-12)25(21,22)20-11-17(7-9-23-10-8-17)15(20)13-5-3-2-4-6-13/h2-6,15H,7-11H2,1H3,(H2,18,19)/t15-/m1/s1. The third-order valence-electron chi connectivity index (χ3n) is 5.34. The first-order chi connectivity index (χ1) is 12.0. The zero-order valence-corrected chi connectivity index (χ0v) is 14.8. The Balaban J connectivity index is 1.77. The number of benzene rings is 1. The molecule has 8 heteroatoms. The Labute approximate surface area is 146 Å². The topological polar surface area (TPSA) is 98.7 Å². The molecule has 1 aromatic heterocycles. The van der Waals surface area contributed by atoms with E-state index in [-0.39, 0.29) is 27.9 Å². The molecule has 2 aliphatic heterocycles. The maximum atomic E-state index is 13.2. The van der Waals surface area contributed by atoms with Crippen LogP contribution in [0.25, 0.3) is 0 Å². The average Bonchev–Trinajstić information content (AvgIpc) is 2.94. The molecule has 1 aromatic carbocycles. The molecule has 0 radical (unpaired) electrons. The summed E-state index contributed by atoms with van der Waals surface area (Å²) in [6.07, 6.45) is 1.69. The highest BCUT2D eigenvalue weighted by molar-refractivity contribution is 7.89. The Morgan fingerprint density at radius 1 is 1.24 bits per heavy atom. The van der Waals surface area contributed by atoms with E-state index in [1.807, 2.05) is 30.3 Å². The Morgan fingerprint density at radius 3 is 2.52 bits per heavy atom. The number of nitrogens with two attached hydrogens (primary N) is 1. The summed E-state index contributed by atoms with van der Waals surface area (Å²) in [6, 6.07) is 9.53. The van der Waals surface area contributed by atoms with Gasteiger partial charge in [0.05, 0.1) is 6.04 Å². The molecule has 2 N–H and O–H groups in total. The highest BCUT2D eigenvalue weighted by atomic mass is 32.2. The van der Waals surface area contributed by atoms with Gasteiger partial charge in [-0.2, -0.15) is 4.31 Å². The molecule has 1 spiro atoms. The van der Waals surface area contributed by atoms with Gasteiger partial charge in [-0.3, -0.25) is 0 Å². The van der Waals surface area contributed by atoms with Crippen LogP contribution in [0, 0.1) is 12.3 Å². The van der Waals surface area contributed by atoms with Crippen LogP contribution in [0.15, 0.2) is 39.8 Å². The molecule has 2 fully saturated rings. The van der Waals surface area contributed by atoms with Gasteiger partial charge in [0, 0.05) is 25.2 Å². The molecule has 4 rings (SSSR count). The molecule has 0 bridgehead atoms. The van der Waals surface area contributed by atoms with E-state index >= 15 is 0 Å². The van der Waals surface area contributed by atoms with Gasteiger partial charge in [-0.25, -0.2) is 8.42 Å². The van der Waals surface area contributed by atoms with Crippen LogP contribution in [0.1, 0.15) is 30.2 Å². The van der Waals surface area contributed by atoms with Crippen molar-refractivity contribution in [1.82, 2.24) is 9.46 Å². The van der Waals surface area contributed by atoms with Crippen LogP contribution in [0.2, 0.25) is 0 Å². The first-order valence-corrected chi connectivity index (χ1v) is 9.76. The van der Waals surface area contributed by atoms with Crippen LogP contribution in [0.4, 0.5) is 5.82 Å².